The SMILES string of the molecule is CCOC(=O)CNc1cccc(C(=O)N[C@@H](C)C2=CCCCC2)c1. The van der Waals surface area contributed by atoms with Crippen LogP contribution in [0.2, 0.25) is 0 Å². The van der Waals surface area contributed by atoms with Gasteiger partial charge in [0, 0.05) is 17.3 Å². The number of ether oxygens (including phenoxy) is 1. The van der Waals surface area contributed by atoms with Gasteiger partial charge in [0.2, 0.25) is 0 Å². The fraction of sp³-hybridized carbons (Fsp3) is 0.474. The number of hydrogen-bond acceptors (Lipinski definition) is 4. The van der Waals surface area contributed by atoms with Crippen molar-refractivity contribution < 1.29 is 14.3 Å². The molecule has 0 saturated heterocycles. The first-order valence-corrected chi connectivity index (χ1v) is 8.59. The van der Waals surface area contributed by atoms with Crippen LogP contribution < -0.4 is 10.6 Å². The van der Waals surface area contributed by atoms with Crippen molar-refractivity contribution in [2.75, 3.05) is 18.5 Å². The zero-order chi connectivity index (χ0) is 17.4. The van der Waals surface area contributed by atoms with E-state index in [1.165, 1.54) is 18.4 Å². The third-order valence-electron chi connectivity index (χ3n) is 4.10. The van der Waals surface area contributed by atoms with Crippen molar-refractivity contribution in [3.05, 3.63) is 41.5 Å². The molecule has 0 bridgehead atoms. The van der Waals surface area contributed by atoms with Gasteiger partial charge in [0.15, 0.2) is 0 Å². The van der Waals surface area contributed by atoms with Gasteiger partial charge < -0.3 is 15.4 Å². The Balaban J connectivity index is 1.93. The summed E-state index contributed by atoms with van der Waals surface area (Å²) >= 11 is 0. The Hall–Kier alpha value is -2.30. The van der Waals surface area contributed by atoms with Crippen molar-refractivity contribution >= 4 is 17.6 Å². The third-order valence-corrected chi connectivity index (χ3v) is 4.10. The van der Waals surface area contributed by atoms with Crippen molar-refractivity contribution in [3.63, 3.8) is 0 Å². The summed E-state index contributed by atoms with van der Waals surface area (Å²) in [5.41, 5.74) is 2.61. The maximum atomic E-state index is 12.4. The summed E-state index contributed by atoms with van der Waals surface area (Å²) in [5.74, 6) is -0.418. The normalized spacial score (nSPS) is 15.2. The monoisotopic (exact) mass is 330 g/mol. The summed E-state index contributed by atoms with van der Waals surface area (Å²) in [6, 6.07) is 7.19. The number of hydrogen-bond donors (Lipinski definition) is 2. The Morgan fingerprint density at radius 1 is 1.29 bits per heavy atom. The second-order valence-corrected chi connectivity index (χ2v) is 5.96. The Kier molecular flexibility index (Phi) is 6.85. The Bertz CT molecular complexity index is 610. The van der Waals surface area contributed by atoms with Crippen LogP contribution in [0.3, 0.4) is 0 Å². The maximum Gasteiger partial charge on any atom is 0.325 e. The number of anilines is 1. The highest BCUT2D eigenvalue weighted by Crippen LogP contribution is 2.20. The molecule has 0 radical (unpaired) electrons. The number of allylic oxidation sites excluding steroid dienone is 1. The van der Waals surface area contributed by atoms with Crippen LogP contribution in [0.1, 0.15) is 49.9 Å². The van der Waals surface area contributed by atoms with Gasteiger partial charge in [-0.05, 0) is 57.7 Å². The van der Waals surface area contributed by atoms with E-state index in [1.807, 2.05) is 13.0 Å². The summed E-state index contributed by atoms with van der Waals surface area (Å²) < 4.78 is 4.87. The number of carbonyl (C=O) groups is 2. The second kappa shape index (κ2) is 9.11. The topological polar surface area (TPSA) is 67.4 Å². The van der Waals surface area contributed by atoms with Crippen molar-refractivity contribution in [2.24, 2.45) is 0 Å². The van der Waals surface area contributed by atoms with E-state index in [0.717, 1.165) is 18.5 Å². The Morgan fingerprint density at radius 2 is 2.12 bits per heavy atom. The first-order valence-electron chi connectivity index (χ1n) is 8.59. The highest BCUT2D eigenvalue weighted by molar-refractivity contribution is 5.95. The zero-order valence-electron chi connectivity index (χ0n) is 14.4. The molecule has 0 fully saturated rings. The molecule has 5 heteroatoms. The van der Waals surface area contributed by atoms with Gasteiger partial charge in [-0.1, -0.05) is 17.7 Å². The minimum atomic E-state index is -0.315. The van der Waals surface area contributed by atoms with Crippen molar-refractivity contribution in [3.8, 4) is 0 Å². The van der Waals surface area contributed by atoms with Gasteiger partial charge in [0.1, 0.15) is 6.54 Å². The largest absolute Gasteiger partial charge is 0.465 e. The molecular formula is C19H26N2O3. The summed E-state index contributed by atoms with van der Waals surface area (Å²) in [7, 11) is 0. The van der Waals surface area contributed by atoms with E-state index in [4.69, 9.17) is 4.74 Å². The smallest absolute Gasteiger partial charge is 0.325 e. The quantitative estimate of drug-likeness (QED) is 0.595. The van der Waals surface area contributed by atoms with E-state index in [0.29, 0.717) is 12.2 Å². The number of benzene rings is 1. The minimum Gasteiger partial charge on any atom is -0.465 e. The van der Waals surface area contributed by atoms with E-state index < -0.39 is 0 Å². The molecular weight excluding hydrogens is 304 g/mol. The number of rotatable bonds is 7. The van der Waals surface area contributed by atoms with Crippen molar-refractivity contribution in [1.82, 2.24) is 5.32 Å². The predicted octanol–water partition coefficient (Wildman–Crippen LogP) is 3.28. The Morgan fingerprint density at radius 3 is 2.83 bits per heavy atom. The van der Waals surface area contributed by atoms with Crippen LogP contribution in [0, 0.1) is 0 Å². The number of amides is 1. The summed E-state index contributed by atoms with van der Waals surface area (Å²) in [6.07, 6.45) is 6.83. The molecule has 1 aromatic carbocycles. The minimum absolute atomic E-state index is 0.0500. The molecule has 2 rings (SSSR count). The average molecular weight is 330 g/mol. The van der Waals surface area contributed by atoms with Gasteiger partial charge >= 0.3 is 5.97 Å². The maximum absolute atomic E-state index is 12.4. The van der Waals surface area contributed by atoms with Crippen LogP contribution in [-0.4, -0.2) is 31.1 Å². The first kappa shape index (κ1) is 18.0. The number of esters is 1. The van der Waals surface area contributed by atoms with E-state index in [2.05, 4.69) is 16.7 Å². The van der Waals surface area contributed by atoms with Crippen molar-refractivity contribution in [1.29, 1.82) is 0 Å². The molecule has 5 nitrogen and oxygen atoms in total. The van der Waals surface area contributed by atoms with Crippen LogP contribution in [0.15, 0.2) is 35.9 Å². The van der Waals surface area contributed by atoms with Crippen LogP contribution in [0.5, 0.6) is 0 Å². The molecule has 0 aliphatic heterocycles. The summed E-state index contributed by atoms with van der Waals surface area (Å²) in [5, 5.41) is 6.03. The first-order chi connectivity index (χ1) is 11.6. The van der Waals surface area contributed by atoms with Gasteiger partial charge in [-0.3, -0.25) is 9.59 Å². The molecule has 1 amide bonds. The van der Waals surface area contributed by atoms with Gasteiger partial charge in [0.25, 0.3) is 5.91 Å². The molecule has 130 valence electrons. The van der Waals surface area contributed by atoms with Gasteiger partial charge in [-0.2, -0.15) is 0 Å². The second-order valence-electron chi connectivity index (χ2n) is 5.96. The molecule has 1 atom stereocenters. The third kappa shape index (κ3) is 5.41. The fourth-order valence-corrected chi connectivity index (χ4v) is 2.79. The summed E-state index contributed by atoms with van der Waals surface area (Å²) in [4.78, 5) is 23.8. The zero-order valence-corrected chi connectivity index (χ0v) is 14.4. The lowest BCUT2D eigenvalue weighted by Gasteiger charge is -2.21. The van der Waals surface area contributed by atoms with Gasteiger partial charge in [-0.25, -0.2) is 0 Å². The van der Waals surface area contributed by atoms with Gasteiger partial charge in [-0.15, -0.1) is 0 Å². The fourth-order valence-electron chi connectivity index (χ4n) is 2.79. The molecule has 1 aliphatic rings. The predicted molar refractivity (Wildman–Crippen MR) is 95.0 cm³/mol. The molecule has 1 aromatic rings. The molecule has 24 heavy (non-hydrogen) atoms. The molecule has 0 saturated carbocycles. The highest BCUT2D eigenvalue weighted by Gasteiger charge is 2.15. The van der Waals surface area contributed by atoms with Crippen LogP contribution >= 0.6 is 0 Å². The molecule has 0 unspecified atom stereocenters. The van der Waals surface area contributed by atoms with E-state index in [-0.39, 0.29) is 24.5 Å². The Labute approximate surface area is 143 Å². The molecule has 0 heterocycles. The average Bonchev–Trinajstić information content (AvgIpc) is 2.61. The van der Waals surface area contributed by atoms with Crippen LogP contribution in [0.4, 0.5) is 5.69 Å². The highest BCUT2D eigenvalue weighted by atomic mass is 16.5. The number of carbonyl (C=O) groups excluding carboxylic acids is 2. The van der Waals surface area contributed by atoms with E-state index in [9.17, 15) is 9.59 Å². The molecule has 1 aliphatic carbocycles. The lowest BCUT2D eigenvalue weighted by molar-refractivity contribution is -0.140. The van der Waals surface area contributed by atoms with E-state index in [1.54, 1.807) is 25.1 Å². The van der Waals surface area contributed by atoms with Crippen LogP contribution in [0.25, 0.3) is 0 Å². The molecule has 0 aromatic heterocycles. The lowest BCUT2D eigenvalue weighted by atomic mass is 9.94. The van der Waals surface area contributed by atoms with E-state index >= 15 is 0 Å². The van der Waals surface area contributed by atoms with Crippen molar-refractivity contribution in [2.45, 2.75) is 45.6 Å². The van der Waals surface area contributed by atoms with Gasteiger partial charge in [0.05, 0.1) is 6.61 Å². The molecule has 2 N–H and O–H groups in total. The standard InChI is InChI=1S/C19H26N2O3/c1-3-24-18(22)13-20-17-11-7-10-16(12-17)19(23)21-14(2)15-8-5-4-6-9-15/h7-8,10-12,14,20H,3-6,9,13H2,1-2H3,(H,21,23)/t14-/m0/s1. The molecule has 0 spiro atoms. The van der Waals surface area contributed by atoms with Crippen LogP contribution in [-0.2, 0) is 9.53 Å². The number of nitrogens with one attached hydrogen (secondary N) is 2. The summed E-state index contributed by atoms with van der Waals surface area (Å²) in [6.45, 7) is 4.24. The lowest BCUT2D eigenvalue weighted by Crippen LogP contribution is -2.34.